The predicted octanol–water partition coefficient (Wildman–Crippen LogP) is 3.26. The van der Waals surface area contributed by atoms with Crippen LogP contribution in [-0.4, -0.2) is 44.5 Å². The van der Waals surface area contributed by atoms with Crippen LogP contribution < -0.4 is 14.4 Å². The zero-order valence-electron chi connectivity index (χ0n) is 17.3. The molecule has 2 aromatic carbocycles. The van der Waals surface area contributed by atoms with Crippen LogP contribution in [0, 0.1) is 5.92 Å². The third-order valence-electron chi connectivity index (χ3n) is 5.12. The molecule has 0 spiro atoms. The molecule has 1 fully saturated rings. The predicted molar refractivity (Wildman–Crippen MR) is 111 cm³/mol. The molecular weight excluding hydrogens is 386 g/mol. The molecule has 2 atom stereocenters. The molecule has 3 rings (SSSR count). The van der Waals surface area contributed by atoms with E-state index in [2.05, 4.69) is 0 Å². The zero-order chi connectivity index (χ0) is 21.7. The molecule has 0 aliphatic carbocycles. The fourth-order valence-corrected chi connectivity index (χ4v) is 3.45. The Morgan fingerprint density at radius 1 is 1.10 bits per heavy atom. The number of benzene rings is 2. The molecule has 7 heteroatoms. The maximum absolute atomic E-state index is 12.7. The lowest BCUT2D eigenvalue weighted by atomic mass is 10.0. The van der Waals surface area contributed by atoms with E-state index in [1.807, 2.05) is 6.07 Å². The summed E-state index contributed by atoms with van der Waals surface area (Å²) in [5.74, 6) is -0.575. The van der Waals surface area contributed by atoms with Crippen LogP contribution in [0.1, 0.15) is 30.1 Å². The maximum atomic E-state index is 12.7. The normalized spacial score (nSPS) is 16.8. The molecule has 0 bridgehead atoms. The van der Waals surface area contributed by atoms with Crippen LogP contribution >= 0.6 is 0 Å². The van der Waals surface area contributed by atoms with Crippen LogP contribution in [0.3, 0.4) is 0 Å². The van der Waals surface area contributed by atoms with Crippen molar-refractivity contribution in [3.63, 3.8) is 0 Å². The Bertz CT molecular complexity index is 927. The number of hydrogen-bond donors (Lipinski definition) is 0. The molecule has 1 aliphatic rings. The van der Waals surface area contributed by atoms with Gasteiger partial charge in [0.15, 0.2) is 6.10 Å². The Hall–Kier alpha value is -3.35. The number of amides is 1. The first-order chi connectivity index (χ1) is 14.5. The summed E-state index contributed by atoms with van der Waals surface area (Å²) in [5.41, 5.74) is 1.05. The van der Waals surface area contributed by atoms with Gasteiger partial charge in [0.2, 0.25) is 11.7 Å². The van der Waals surface area contributed by atoms with E-state index in [0.717, 1.165) is 0 Å². The molecule has 0 unspecified atom stereocenters. The van der Waals surface area contributed by atoms with Gasteiger partial charge in [-0.25, -0.2) is 0 Å². The number of anilines is 1. The zero-order valence-corrected chi connectivity index (χ0v) is 17.3. The van der Waals surface area contributed by atoms with Crippen LogP contribution in [0.25, 0.3) is 0 Å². The minimum atomic E-state index is -0.875. The number of esters is 1. The molecule has 0 aromatic heterocycles. The first-order valence-electron chi connectivity index (χ1n) is 9.80. The van der Waals surface area contributed by atoms with Crippen molar-refractivity contribution in [1.29, 1.82) is 0 Å². The molecular formula is C23H25NO6. The number of Topliss-reactive ketones (excluding diaryl/α,β-unsaturated/α-hetero) is 1. The average Bonchev–Trinajstić information content (AvgIpc) is 3.18. The second-order valence-corrected chi connectivity index (χ2v) is 7.01. The average molecular weight is 411 g/mol. The Labute approximate surface area is 175 Å². The molecule has 1 amide bonds. The molecule has 0 radical (unpaired) electrons. The highest BCUT2D eigenvalue weighted by molar-refractivity contribution is 6.02. The van der Waals surface area contributed by atoms with Gasteiger partial charge in [-0.3, -0.25) is 14.4 Å². The summed E-state index contributed by atoms with van der Waals surface area (Å²) in [6, 6.07) is 13.8. The second-order valence-electron chi connectivity index (χ2n) is 7.01. The highest BCUT2D eigenvalue weighted by atomic mass is 16.5. The number of carbonyl (C=O) groups excluding carboxylic acids is 3. The summed E-state index contributed by atoms with van der Waals surface area (Å²) in [7, 11) is 3.05. The maximum Gasteiger partial charge on any atom is 0.312 e. The minimum absolute atomic E-state index is 0.0178. The number of ketones is 1. The van der Waals surface area contributed by atoms with Crippen molar-refractivity contribution in [1.82, 2.24) is 0 Å². The lowest BCUT2D eigenvalue weighted by molar-refractivity contribution is -0.151. The van der Waals surface area contributed by atoms with Crippen molar-refractivity contribution >= 4 is 23.3 Å². The summed E-state index contributed by atoms with van der Waals surface area (Å²) in [6.07, 6.45) is -0.500. The minimum Gasteiger partial charge on any atom is -0.497 e. The van der Waals surface area contributed by atoms with Crippen molar-refractivity contribution in [2.24, 2.45) is 5.92 Å². The van der Waals surface area contributed by atoms with E-state index in [4.69, 9.17) is 14.2 Å². The fourth-order valence-electron chi connectivity index (χ4n) is 3.45. The van der Waals surface area contributed by atoms with Gasteiger partial charge in [0.25, 0.3) is 0 Å². The third-order valence-corrected chi connectivity index (χ3v) is 5.12. The largest absolute Gasteiger partial charge is 0.497 e. The highest BCUT2D eigenvalue weighted by Crippen LogP contribution is 2.36. The lowest BCUT2D eigenvalue weighted by Crippen LogP contribution is -2.31. The molecule has 1 heterocycles. The summed E-state index contributed by atoms with van der Waals surface area (Å²) in [6.45, 7) is 1.95. The first-order valence-corrected chi connectivity index (χ1v) is 9.80. The van der Waals surface area contributed by atoms with Crippen LogP contribution in [0.15, 0.2) is 48.5 Å². The second kappa shape index (κ2) is 9.43. The van der Waals surface area contributed by atoms with Gasteiger partial charge in [-0.15, -0.1) is 0 Å². The summed E-state index contributed by atoms with van der Waals surface area (Å²) >= 11 is 0. The standard InChI is InChI=1S/C23H25NO6/c1-4-19(22(26)15-8-6-5-7-9-15)30-23(27)16-12-21(25)24(14-16)18-11-10-17(28-2)13-20(18)29-3/h5-11,13,16,19H,4,12,14H2,1-3H3/t16-,19+/m1/s1. The topological polar surface area (TPSA) is 82.1 Å². The number of rotatable bonds is 8. The molecule has 2 aromatic rings. The van der Waals surface area contributed by atoms with E-state index >= 15 is 0 Å². The Morgan fingerprint density at radius 3 is 2.47 bits per heavy atom. The Morgan fingerprint density at radius 2 is 1.83 bits per heavy atom. The van der Waals surface area contributed by atoms with Gasteiger partial charge in [-0.2, -0.15) is 0 Å². The van der Waals surface area contributed by atoms with E-state index in [-0.39, 0.29) is 24.7 Å². The first kappa shape index (κ1) is 21.4. The smallest absolute Gasteiger partial charge is 0.312 e. The van der Waals surface area contributed by atoms with Crippen molar-refractivity contribution in [2.75, 3.05) is 25.7 Å². The molecule has 7 nitrogen and oxygen atoms in total. The van der Waals surface area contributed by atoms with Crippen LogP contribution in [0.2, 0.25) is 0 Å². The monoisotopic (exact) mass is 411 g/mol. The van der Waals surface area contributed by atoms with Crippen molar-refractivity contribution in [2.45, 2.75) is 25.9 Å². The van der Waals surface area contributed by atoms with Crippen LogP contribution in [-0.2, 0) is 14.3 Å². The number of ether oxygens (including phenoxy) is 3. The highest BCUT2D eigenvalue weighted by Gasteiger charge is 2.38. The van der Waals surface area contributed by atoms with Crippen molar-refractivity contribution in [3.8, 4) is 11.5 Å². The molecule has 0 saturated carbocycles. The Kier molecular flexibility index (Phi) is 6.72. The van der Waals surface area contributed by atoms with Crippen LogP contribution in [0.4, 0.5) is 5.69 Å². The quantitative estimate of drug-likeness (QED) is 0.490. The van der Waals surface area contributed by atoms with Gasteiger partial charge >= 0.3 is 5.97 Å². The van der Waals surface area contributed by atoms with Gasteiger partial charge < -0.3 is 19.1 Å². The molecule has 1 aliphatic heterocycles. The molecule has 0 N–H and O–H groups in total. The molecule has 30 heavy (non-hydrogen) atoms. The number of methoxy groups -OCH3 is 2. The summed E-state index contributed by atoms with van der Waals surface area (Å²) < 4.78 is 16.1. The summed E-state index contributed by atoms with van der Waals surface area (Å²) in [4.78, 5) is 39.5. The van der Waals surface area contributed by atoms with Gasteiger partial charge in [0, 0.05) is 24.6 Å². The van der Waals surface area contributed by atoms with E-state index < -0.39 is 18.0 Å². The Balaban J connectivity index is 1.71. The van der Waals surface area contributed by atoms with Crippen LogP contribution in [0.5, 0.6) is 11.5 Å². The lowest BCUT2D eigenvalue weighted by Gasteiger charge is -2.21. The fraction of sp³-hybridized carbons (Fsp3) is 0.348. The number of hydrogen-bond acceptors (Lipinski definition) is 6. The van der Waals surface area contributed by atoms with Crippen molar-refractivity contribution in [3.05, 3.63) is 54.1 Å². The van der Waals surface area contributed by atoms with E-state index in [0.29, 0.717) is 29.2 Å². The van der Waals surface area contributed by atoms with Gasteiger partial charge in [0.1, 0.15) is 11.5 Å². The number of carbonyl (C=O) groups is 3. The third kappa shape index (κ3) is 4.45. The van der Waals surface area contributed by atoms with E-state index in [1.165, 1.54) is 12.0 Å². The number of nitrogens with zero attached hydrogens (tertiary/aromatic N) is 1. The van der Waals surface area contributed by atoms with E-state index in [1.54, 1.807) is 56.5 Å². The van der Waals surface area contributed by atoms with Crippen molar-refractivity contribution < 1.29 is 28.6 Å². The van der Waals surface area contributed by atoms with Gasteiger partial charge in [-0.05, 0) is 18.6 Å². The van der Waals surface area contributed by atoms with Gasteiger partial charge in [-0.1, -0.05) is 37.3 Å². The van der Waals surface area contributed by atoms with E-state index in [9.17, 15) is 14.4 Å². The molecule has 158 valence electrons. The SMILES string of the molecule is CC[C@H](OC(=O)[C@@H]1CC(=O)N(c2ccc(OC)cc2OC)C1)C(=O)c1ccccc1. The summed E-state index contributed by atoms with van der Waals surface area (Å²) in [5, 5.41) is 0. The molecule has 1 saturated heterocycles. The van der Waals surface area contributed by atoms with Gasteiger partial charge in [0.05, 0.1) is 25.8 Å².